The van der Waals surface area contributed by atoms with E-state index in [1.807, 2.05) is 26.0 Å². The summed E-state index contributed by atoms with van der Waals surface area (Å²) in [7, 11) is 1.53. The molecule has 0 aliphatic heterocycles. The third-order valence-corrected chi connectivity index (χ3v) is 5.64. The van der Waals surface area contributed by atoms with Gasteiger partial charge in [0.25, 0.3) is 12.3 Å². The topological polar surface area (TPSA) is 60.9 Å². The predicted molar refractivity (Wildman–Crippen MR) is 102 cm³/mol. The number of carbonyl (C=O) groups is 1. The van der Waals surface area contributed by atoms with E-state index in [1.54, 1.807) is 6.07 Å². The lowest BCUT2D eigenvalue weighted by atomic mass is 9.89. The number of carbonyl (C=O) groups excluding carboxylic acids is 1. The van der Waals surface area contributed by atoms with Crippen LogP contribution in [0.1, 0.15) is 65.7 Å². The first-order valence-electron chi connectivity index (χ1n) is 8.53. The van der Waals surface area contributed by atoms with Crippen LogP contribution in [-0.4, -0.2) is 15.7 Å². The van der Waals surface area contributed by atoms with E-state index in [2.05, 4.69) is 5.10 Å². The highest BCUT2D eigenvalue weighted by Gasteiger charge is 2.38. The van der Waals surface area contributed by atoms with Crippen molar-refractivity contribution in [1.82, 2.24) is 9.78 Å². The third-order valence-electron chi connectivity index (χ3n) is 5.21. The molecule has 2 unspecified atom stereocenters. The fourth-order valence-corrected chi connectivity index (χ4v) is 4.74. The number of allylic oxidation sites excluding steroid dienone is 1. The highest BCUT2D eigenvalue weighted by Crippen LogP contribution is 2.53. The average Bonchev–Trinajstić information content (AvgIpc) is 3.10. The molecule has 2 aromatic rings. The number of hydrogen-bond acceptors (Lipinski definition) is 2. The van der Waals surface area contributed by atoms with E-state index in [0.29, 0.717) is 5.56 Å². The summed E-state index contributed by atoms with van der Waals surface area (Å²) < 4.78 is 28.3. The Morgan fingerprint density at radius 1 is 1.37 bits per heavy atom. The van der Waals surface area contributed by atoms with Crippen LogP contribution < -0.4 is 5.73 Å². The van der Waals surface area contributed by atoms with Crippen LogP contribution in [0.25, 0.3) is 11.3 Å². The molecule has 0 radical (unpaired) electrons. The second kappa shape index (κ2) is 7.24. The van der Waals surface area contributed by atoms with Gasteiger partial charge in [-0.05, 0) is 23.1 Å². The van der Waals surface area contributed by atoms with E-state index < -0.39 is 18.0 Å². The lowest BCUT2D eigenvalue weighted by Crippen LogP contribution is -2.15. The van der Waals surface area contributed by atoms with Gasteiger partial charge in [-0.2, -0.15) is 5.10 Å². The van der Waals surface area contributed by atoms with Crippen molar-refractivity contribution in [3.05, 3.63) is 50.6 Å². The molecule has 1 amide bonds. The molecule has 3 rings (SSSR count). The molecule has 144 valence electrons. The fraction of sp³-hybridized carbons (Fsp3) is 0.368. The molecule has 0 bridgehead atoms. The molecule has 4 nitrogen and oxygen atoms in total. The normalized spacial score (nSPS) is 18.9. The summed E-state index contributed by atoms with van der Waals surface area (Å²) in [5.74, 6) is -1.03. The number of hydrogen-bond donors (Lipinski definition) is 1. The lowest BCUT2D eigenvalue weighted by molar-refractivity contribution is 0.0985. The summed E-state index contributed by atoms with van der Waals surface area (Å²) in [6.07, 6.45) is -2.18. The van der Waals surface area contributed by atoms with Gasteiger partial charge in [0.2, 0.25) is 0 Å². The number of rotatable bonds is 4. The van der Waals surface area contributed by atoms with Crippen LogP contribution in [0, 0.1) is 0 Å². The molecule has 2 N–H and O–H groups in total. The highest BCUT2D eigenvalue weighted by molar-refractivity contribution is 6.56. The number of nitrogens with two attached hydrogens (primary N) is 1. The molecule has 1 aromatic heterocycles. The van der Waals surface area contributed by atoms with Crippen LogP contribution in [0.15, 0.2) is 28.3 Å². The first kappa shape index (κ1) is 19.8. The molecule has 27 heavy (non-hydrogen) atoms. The molecular formula is C19H19Cl2F2N3O. The van der Waals surface area contributed by atoms with Crippen LogP contribution >= 0.6 is 23.2 Å². The Bertz CT molecular complexity index is 949. The van der Waals surface area contributed by atoms with Crippen LogP contribution in [0.2, 0.25) is 0 Å². The standard InChI is InChI=1S/C19H19Cl2F2N3O/c1-4-9-12(17(20)21)8(2)10-6-5-7-11(13(9)10)16-14(19(24)27)15(18(22)23)25-26(16)3/h5-9,18H,4H2,1-3H3,(H2,24,27). The van der Waals surface area contributed by atoms with E-state index in [1.165, 1.54) is 11.7 Å². The zero-order valence-corrected chi connectivity index (χ0v) is 16.6. The number of aryl methyl sites for hydroxylation is 1. The Morgan fingerprint density at radius 3 is 2.56 bits per heavy atom. The van der Waals surface area contributed by atoms with Gasteiger partial charge >= 0.3 is 0 Å². The fourth-order valence-electron chi connectivity index (χ4n) is 4.15. The Hall–Kier alpha value is -1.92. The van der Waals surface area contributed by atoms with Crippen molar-refractivity contribution in [3.63, 3.8) is 0 Å². The van der Waals surface area contributed by atoms with Gasteiger partial charge in [0.05, 0.1) is 11.3 Å². The summed E-state index contributed by atoms with van der Waals surface area (Å²) in [5, 5.41) is 3.86. The summed E-state index contributed by atoms with van der Waals surface area (Å²) in [6.45, 7) is 4.00. The average molecular weight is 414 g/mol. The third kappa shape index (κ3) is 3.05. The SMILES string of the molecule is CCC1C(=C(Cl)Cl)C(C)c2cccc(-c3c(C(N)=O)c(C(F)F)nn3C)c21. The number of halogens is 4. The maximum atomic E-state index is 13.4. The molecule has 1 heterocycles. The smallest absolute Gasteiger partial charge is 0.282 e. The number of amides is 1. The largest absolute Gasteiger partial charge is 0.365 e. The molecule has 0 fully saturated rings. The molecule has 1 aliphatic rings. The number of primary amides is 1. The van der Waals surface area contributed by atoms with Gasteiger partial charge in [0.15, 0.2) is 0 Å². The molecule has 0 spiro atoms. The molecule has 1 aromatic carbocycles. The van der Waals surface area contributed by atoms with Crippen molar-refractivity contribution in [1.29, 1.82) is 0 Å². The molecule has 2 atom stereocenters. The minimum Gasteiger partial charge on any atom is -0.365 e. The second-order valence-electron chi connectivity index (χ2n) is 6.60. The van der Waals surface area contributed by atoms with Gasteiger partial charge in [0.1, 0.15) is 10.2 Å². The van der Waals surface area contributed by atoms with Crippen molar-refractivity contribution in [2.45, 2.75) is 38.5 Å². The summed E-state index contributed by atoms with van der Waals surface area (Å²) >= 11 is 12.3. The van der Waals surface area contributed by atoms with E-state index in [0.717, 1.165) is 23.1 Å². The summed E-state index contributed by atoms with van der Waals surface area (Å²) in [6, 6.07) is 5.57. The van der Waals surface area contributed by atoms with E-state index in [9.17, 15) is 13.6 Å². The van der Waals surface area contributed by atoms with E-state index in [-0.39, 0.29) is 27.6 Å². The van der Waals surface area contributed by atoms with Crippen molar-refractivity contribution in [2.75, 3.05) is 0 Å². The van der Waals surface area contributed by atoms with E-state index in [4.69, 9.17) is 28.9 Å². The minimum atomic E-state index is -2.90. The number of aromatic nitrogens is 2. The van der Waals surface area contributed by atoms with Crippen LogP contribution in [0.5, 0.6) is 0 Å². The highest BCUT2D eigenvalue weighted by atomic mass is 35.5. The zero-order valence-electron chi connectivity index (χ0n) is 15.1. The maximum Gasteiger partial charge on any atom is 0.282 e. The van der Waals surface area contributed by atoms with Gasteiger partial charge in [-0.3, -0.25) is 9.48 Å². The van der Waals surface area contributed by atoms with Crippen molar-refractivity contribution < 1.29 is 13.6 Å². The molecule has 8 heteroatoms. The number of alkyl halides is 2. The van der Waals surface area contributed by atoms with Crippen LogP contribution in [0.4, 0.5) is 8.78 Å². The quantitative estimate of drug-likeness (QED) is 0.726. The molecule has 1 aliphatic carbocycles. The van der Waals surface area contributed by atoms with Gasteiger partial charge in [-0.1, -0.05) is 55.2 Å². The second-order valence-corrected chi connectivity index (χ2v) is 7.55. The van der Waals surface area contributed by atoms with Crippen LogP contribution in [0.3, 0.4) is 0 Å². The van der Waals surface area contributed by atoms with Gasteiger partial charge in [-0.15, -0.1) is 0 Å². The Morgan fingerprint density at radius 2 is 2.04 bits per heavy atom. The Balaban J connectivity index is 2.36. The molecule has 0 saturated carbocycles. The number of fused-ring (bicyclic) bond motifs is 1. The summed E-state index contributed by atoms with van der Waals surface area (Å²) in [5.41, 5.74) is 8.33. The number of nitrogens with zero attached hydrogens (tertiary/aromatic N) is 2. The first-order valence-corrected chi connectivity index (χ1v) is 9.29. The first-order chi connectivity index (χ1) is 12.7. The number of benzene rings is 1. The van der Waals surface area contributed by atoms with Crippen LogP contribution in [-0.2, 0) is 7.05 Å². The van der Waals surface area contributed by atoms with Gasteiger partial charge in [0, 0.05) is 24.4 Å². The van der Waals surface area contributed by atoms with E-state index >= 15 is 0 Å². The molecule has 0 saturated heterocycles. The van der Waals surface area contributed by atoms with Crippen molar-refractivity contribution in [2.24, 2.45) is 12.8 Å². The predicted octanol–water partition coefficient (Wildman–Crippen LogP) is 5.42. The zero-order chi connectivity index (χ0) is 20.0. The Kier molecular flexibility index (Phi) is 5.32. The monoisotopic (exact) mass is 413 g/mol. The van der Waals surface area contributed by atoms with Gasteiger partial charge in [-0.25, -0.2) is 8.78 Å². The van der Waals surface area contributed by atoms with Crippen molar-refractivity contribution in [3.8, 4) is 11.3 Å². The molecular weight excluding hydrogens is 395 g/mol. The minimum absolute atomic E-state index is 0.0188. The Labute approximate surface area is 165 Å². The lowest BCUT2D eigenvalue weighted by Gasteiger charge is -2.17. The maximum absolute atomic E-state index is 13.4. The van der Waals surface area contributed by atoms with Gasteiger partial charge < -0.3 is 5.73 Å². The summed E-state index contributed by atoms with van der Waals surface area (Å²) in [4.78, 5) is 12.0. The van der Waals surface area contributed by atoms with Crippen molar-refractivity contribution >= 4 is 29.1 Å².